The maximum absolute atomic E-state index is 11.1. The van der Waals surface area contributed by atoms with Crippen LogP contribution in [0.1, 0.15) is 5.76 Å². The lowest BCUT2D eigenvalue weighted by Gasteiger charge is -2.27. The van der Waals surface area contributed by atoms with E-state index in [1.54, 1.807) is 30.3 Å². The molecule has 0 unspecified atom stereocenters. The number of hydrogen-bond acceptors (Lipinski definition) is 5. The molecule has 0 aliphatic carbocycles. The summed E-state index contributed by atoms with van der Waals surface area (Å²) in [4.78, 5) is 12.5. The molecule has 1 fully saturated rings. The molecule has 8 heteroatoms. The summed E-state index contributed by atoms with van der Waals surface area (Å²) in [5, 5.41) is 19.3. The number of furan rings is 1. The van der Waals surface area contributed by atoms with Crippen LogP contribution in [0.4, 0.5) is 5.69 Å². The molecule has 1 aliphatic heterocycles. The Bertz CT molecular complexity index is 710. The molecule has 0 atom stereocenters. The largest absolute Gasteiger partial charge is 0.453 e. The molecule has 1 saturated heterocycles. The van der Waals surface area contributed by atoms with Crippen LogP contribution in [-0.4, -0.2) is 42.0 Å². The minimum absolute atomic E-state index is 0. The minimum atomic E-state index is -0.440. The van der Waals surface area contributed by atoms with Gasteiger partial charge in [0, 0.05) is 19.2 Å². The van der Waals surface area contributed by atoms with Gasteiger partial charge in [0.25, 0.3) is 5.69 Å². The topological polar surface area (TPSA) is 92.6 Å². The minimum Gasteiger partial charge on any atom is -0.453 e. The van der Waals surface area contributed by atoms with E-state index in [4.69, 9.17) is 14.6 Å². The van der Waals surface area contributed by atoms with E-state index >= 15 is 0 Å². The van der Waals surface area contributed by atoms with Gasteiger partial charge in [-0.15, -0.1) is 12.4 Å². The normalized spacial score (nSPS) is 14.2. The van der Waals surface area contributed by atoms with E-state index in [1.807, 2.05) is 4.90 Å². The number of nitro benzene ring substituents is 1. The highest BCUT2D eigenvalue weighted by atomic mass is 35.5. The maximum atomic E-state index is 11.1. The third-order valence-corrected chi connectivity index (χ3v) is 3.53. The van der Waals surface area contributed by atoms with Crippen molar-refractivity contribution < 1.29 is 14.1 Å². The van der Waals surface area contributed by atoms with E-state index in [9.17, 15) is 10.1 Å². The van der Waals surface area contributed by atoms with E-state index in [-0.39, 0.29) is 23.9 Å². The van der Waals surface area contributed by atoms with Gasteiger partial charge in [-0.25, -0.2) is 0 Å². The molecule has 0 radical (unpaired) electrons. The summed E-state index contributed by atoms with van der Waals surface area (Å²) in [5.41, 5.74) is 0.398. The van der Waals surface area contributed by atoms with Gasteiger partial charge in [0.15, 0.2) is 11.6 Å². The van der Waals surface area contributed by atoms with Gasteiger partial charge in [0.05, 0.1) is 23.7 Å². The van der Waals surface area contributed by atoms with Crippen molar-refractivity contribution in [1.82, 2.24) is 4.90 Å². The number of nitro groups is 1. The number of para-hydroxylation sites is 1. The quantitative estimate of drug-likeness (QED) is 0.402. The Kier molecular flexibility index (Phi) is 5.36. The zero-order valence-electron chi connectivity index (χ0n) is 12.2. The number of halogens is 1. The van der Waals surface area contributed by atoms with Crippen LogP contribution in [0.25, 0.3) is 11.3 Å². The predicted octanol–water partition coefficient (Wildman–Crippen LogP) is 2.93. The Morgan fingerprint density at radius 1 is 1.17 bits per heavy atom. The summed E-state index contributed by atoms with van der Waals surface area (Å²) in [5.74, 6) is 1.06. The van der Waals surface area contributed by atoms with Crippen LogP contribution in [0.2, 0.25) is 0 Å². The van der Waals surface area contributed by atoms with Crippen molar-refractivity contribution in [3.63, 3.8) is 0 Å². The van der Waals surface area contributed by atoms with Gasteiger partial charge >= 0.3 is 0 Å². The highest BCUT2D eigenvalue weighted by Crippen LogP contribution is 2.31. The molecule has 2 aromatic rings. The van der Waals surface area contributed by atoms with Crippen molar-refractivity contribution in [2.45, 2.75) is 0 Å². The van der Waals surface area contributed by atoms with Crippen molar-refractivity contribution in [2.24, 2.45) is 0 Å². The van der Waals surface area contributed by atoms with E-state index in [2.05, 4.69) is 0 Å². The Morgan fingerprint density at radius 3 is 2.57 bits per heavy atom. The Labute approximate surface area is 138 Å². The first-order chi connectivity index (χ1) is 10.7. The van der Waals surface area contributed by atoms with Gasteiger partial charge in [-0.1, -0.05) is 12.1 Å². The van der Waals surface area contributed by atoms with Crippen molar-refractivity contribution in [1.29, 1.82) is 5.41 Å². The first kappa shape index (κ1) is 17.0. The first-order valence-corrected chi connectivity index (χ1v) is 6.92. The molecule has 3 rings (SSSR count). The monoisotopic (exact) mass is 337 g/mol. The number of morpholine rings is 1. The lowest BCUT2D eigenvalue weighted by atomic mass is 10.1. The molecule has 0 amide bonds. The lowest BCUT2D eigenvalue weighted by molar-refractivity contribution is -0.384. The Balaban J connectivity index is 0.00000192. The van der Waals surface area contributed by atoms with E-state index < -0.39 is 4.92 Å². The average molecular weight is 338 g/mol. The van der Waals surface area contributed by atoms with Gasteiger partial charge in [0.2, 0.25) is 0 Å². The van der Waals surface area contributed by atoms with Crippen LogP contribution < -0.4 is 0 Å². The number of amidine groups is 1. The van der Waals surface area contributed by atoms with Gasteiger partial charge in [0.1, 0.15) is 5.76 Å². The molecule has 1 aromatic heterocycles. The number of nitrogens with one attached hydrogen (secondary N) is 1. The second kappa shape index (κ2) is 7.26. The van der Waals surface area contributed by atoms with Crippen molar-refractivity contribution in [3.05, 3.63) is 52.3 Å². The van der Waals surface area contributed by atoms with Crippen LogP contribution in [-0.2, 0) is 4.74 Å². The summed E-state index contributed by atoms with van der Waals surface area (Å²) in [6.45, 7) is 2.45. The zero-order valence-corrected chi connectivity index (χ0v) is 13.0. The van der Waals surface area contributed by atoms with Gasteiger partial charge in [-0.2, -0.15) is 0 Å². The highest BCUT2D eigenvalue weighted by Gasteiger charge is 2.21. The van der Waals surface area contributed by atoms with Gasteiger partial charge < -0.3 is 14.1 Å². The third kappa shape index (κ3) is 3.52. The maximum Gasteiger partial charge on any atom is 0.280 e. The van der Waals surface area contributed by atoms with Crippen molar-refractivity contribution in [3.8, 4) is 11.3 Å². The van der Waals surface area contributed by atoms with Crippen LogP contribution in [0, 0.1) is 15.5 Å². The molecule has 2 heterocycles. The molecule has 0 bridgehead atoms. The van der Waals surface area contributed by atoms with Crippen LogP contribution in [0.15, 0.2) is 40.8 Å². The molecule has 1 aromatic carbocycles. The average Bonchev–Trinajstić information content (AvgIpc) is 3.04. The SMILES string of the molecule is Cl.N=C(c1ccc(-c2ccccc2[N+](=O)[O-])o1)N1CCOCC1. The van der Waals surface area contributed by atoms with E-state index in [0.29, 0.717) is 43.4 Å². The summed E-state index contributed by atoms with van der Waals surface area (Å²) < 4.78 is 10.9. The Hall–Kier alpha value is -2.38. The molecule has 1 N–H and O–H groups in total. The number of rotatable bonds is 3. The van der Waals surface area contributed by atoms with Crippen LogP contribution >= 0.6 is 12.4 Å². The summed E-state index contributed by atoms with van der Waals surface area (Å²) in [7, 11) is 0. The first-order valence-electron chi connectivity index (χ1n) is 6.92. The summed E-state index contributed by atoms with van der Waals surface area (Å²) in [6.07, 6.45) is 0. The van der Waals surface area contributed by atoms with Crippen molar-refractivity contribution >= 4 is 23.9 Å². The molecule has 0 spiro atoms. The second-order valence-corrected chi connectivity index (χ2v) is 4.89. The second-order valence-electron chi connectivity index (χ2n) is 4.89. The smallest absolute Gasteiger partial charge is 0.280 e. The zero-order chi connectivity index (χ0) is 15.5. The summed E-state index contributed by atoms with van der Waals surface area (Å²) >= 11 is 0. The van der Waals surface area contributed by atoms with Crippen LogP contribution in [0.5, 0.6) is 0 Å². The fourth-order valence-electron chi connectivity index (χ4n) is 2.39. The molecular formula is C15H16ClN3O4. The molecule has 122 valence electrons. The summed E-state index contributed by atoms with van der Waals surface area (Å²) in [6, 6.07) is 9.74. The van der Waals surface area contributed by atoms with Crippen molar-refractivity contribution in [2.75, 3.05) is 26.3 Å². The van der Waals surface area contributed by atoms with E-state index in [0.717, 1.165) is 0 Å². The number of nitrogens with zero attached hydrogens (tertiary/aromatic N) is 2. The molecule has 1 aliphatic rings. The standard InChI is InChI=1S/C15H15N3O4.ClH/c16-15(17-7-9-21-10-8-17)14-6-5-13(22-14)11-3-1-2-4-12(11)18(19)20;/h1-6,16H,7-10H2;1H. The van der Waals surface area contributed by atoms with E-state index in [1.165, 1.54) is 6.07 Å². The van der Waals surface area contributed by atoms with Gasteiger partial charge in [-0.3, -0.25) is 15.5 Å². The van der Waals surface area contributed by atoms with Gasteiger partial charge in [-0.05, 0) is 18.2 Å². The molecule has 7 nitrogen and oxygen atoms in total. The fourth-order valence-corrected chi connectivity index (χ4v) is 2.39. The fraction of sp³-hybridized carbons (Fsp3) is 0.267. The third-order valence-electron chi connectivity index (χ3n) is 3.53. The lowest BCUT2D eigenvalue weighted by Crippen LogP contribution is -2.40. The molecule has 0 saturated carbocycles. The number of ether oxygens (including phenoxy) is 1. The predicted molar refractivity (Wildman–Crippen MR) is 87.3 cm³/mol. The Morgan fingerprint density at radius 2 is 1.87 bits per heavy atom. The molecule has 23 heavy (non-hydrogen) atoms. The van der Waals surface area contributed by atoms with Crippen LogP contribution in [0.3, 0.4) is 0 Å². The number of hydrogen-bond donors (Lipinski definition) is 1. The number of benzene rings is 1. The molecular weight excluding hydrogens is 322 g/mol. The highest BCUT2D eigenvalue weighted by molar-refractivity contribution is 5.94.